The van der Waals surface area contributed by atoms with Crippen molar-refractivity contribution in [1.82, 2.24) is 4.90 Å². The van der Waals surface area contributed by atoms with E-state index in [1.165, 1.54) is 12.1 Å². The summed E-state index contributed by atoms with van der Waals surface area (Å²) in [5.41, 5.74) is 0.678. The van der Waals surface area contributed by atoms with Crippen LogP contribution in [-0.2, 0) is 6.42 Å². The molecule has 1 amide bonds. The molecule has 25 heavy (non-hydrogen) atoms. The van der Waals surface area contributed by atoms with Gasteiger partial charge in [0.2, 0.25) is 0 Å². The molecule has 2 heterocycles. The molecule has 132 valence electrons. The second-order valence-corrected chi connectivity index (χ2v) is 6.19. The third-order valence-corrected chi connectivity index (χ3v) is 4.47. The minimum absolute atomic E-state index is 0.0106. The largest absolute Gasteiger partial charge is 0.478 e. The molecule has 7 heteroatoms. The maximum absolute atomic E-state index is 13.3. The summed E-state index contributed by atoms with van der Waals surface area (Å²) >= 11 is 0. The highest BCUT2D eigenvalue weighted by Crippen LogP contribution is 2.24. The average Bonchev–Trinajstić information content (AvgIpc) is 3.09. The van der Waals surface area contributed by atoms with E-state index >= 15 is 0 Å². The molecule has 0 bridgehead atoms. The van der Waals surface area contributed by atoms with Crippen molar-refractivity contribution in [2.24, 2.45) is 5.92 Å². The van der Waals surface area contributed by atoms with Crippen molar-refractivity contribution >= 4 is 11.9 Å². The lowest BCUT2D eigenvalue weighted by Crippen LogP contribution is -2.38. The van der Waals surface area contributed by atoms with E-state index in [1.807, 2.05) is 0 Å². The Labute approximate surface area is 142 Å². The highest BCUT2D eigenvalue weighted by atomic mass is 19.2. The molecular formula is C18H17F2NO4. The number of furan rings is 1. The Morgan fingerprint density at radius 3 is 2.48 bits per heavy atom. The van der Waals surface area contributed by atoms with Gasteiger partial charge in [0, 0.05) is 19.2 Å². The van der Waals surface area contributed by atoms with Crippen LogP contribution < -0.4 is 0 Å². The van der Waals surface area contributed by atoms with Gasteiger partial charge in [-0.15, -0.1) is 0 Å². The standard InChI is InChI=1S/C18H17F2NO4/c19-14-2-1-12(8-15(14)20)7-11-3-5-21(6-4-11)17(22)16-9-13(10-25-16)18(23)24/h1-2,8-11H,3-7H2,(H,23,24). The van der Waals surface area contributed by atoms with Crippen LogP contribution >= 0.6 is 0 Å². The fraction of sp³-hybridized carbons (Fsp3) is 0.333. The van der Waals surface area contributed by atoms with Crippen molar-refractivity contribution in [2.75, 3.05) is 13.1 Å². The summed E-state index contributed by atoms with van der Waals surface area (Å²) in [7, 11) is 0. The van der Waals surface area contributed by atoms with Gasteiger partial charge in [-0.3, -0.25) is 4.79 Å². The number of hydrogen-bond donors (Lipinski definition) is 1. The molecule has 5 nitrogen and oxygen atoms in total. The zero-order chi connectivity index (χ0) is 18.0. The molecule has 1 fully saturated rings. The Morgan fingerprint density at radius 2 is 1.88 bits per heavy atom. The topological polar surface area (TPSA) is 70.7 Å². The number of halogens is 2. The zero-order valence-corrected chi connectivity index (χ0v) is 13.4. The molecule has 1 aromatic carbocycles. The lowest BCUT2D eigenvalue weighted by Gasteiger charge is -2.31. The number of carboxylic acid groups (broad SMARTS) is 1. The van der Waals surface area contributed by atoms with E-state index in [0.717, 1.165) is 30.7 Å². The number of carboxylic acids is 1. The lowest BCUT2D eigenvalue weighted by atomic mass is 9.90. The molecule has 0 aliphatic carbocycles. The minimum atomic E-state index is -1.15. The van der Waals surface area contributed by atoms with E-state index < -0.39 is 17.6 Å². The molecule has 3 rings (SSSR count). The molecule has 1 N–H and O–H groups in total. The molecule has 0 spiro atoms. The van der Waals surface area contributed by atoms with Gasteiger partial charge in [0.05, 0.1) is 5.56 Å². The Hall–Kier alpha value is -2.70. The van der Waals surface area contributed by atoms with Gasteiger partial charge in [0.1, 0.15) is 6.26 Å². The van der Waals surface area contributed by atoms with E-state index in [9.17, 15) is 18.4 Å². The summed E-state index contributed by atoms with van der Waals surface area (Å²) in [6, 6.07) is 5.13. The fourth-order valence-electron chi connectivity index (χ4n) is 3.06. The van der Waals surface area contributed by atoms with Crippen LogP contribution in [0.4, 0.5) is 8.78 Å². The Balaban J connectivity index is 1.56. The normalized spacial score (nSPS) is 15.4. The molecule has 0 unspecified atom stereocenters. The summed E-state index contributed by atoms with van der Waals surface area (Å²) in [4.78, 5) is 24.8. The highest BCUT2D eigenvalue weighted by molar-refractivity contribution is 5.95. The number of carbonyl (C=O) groups is 2. The van der Waals surface area contributed by atoms with Crippen LogP contribution in [0, 0.1) is 17.6 Å². The monoisotopic (exact) mass is 349 g/mol. The molecule has 1 saturated heterocycles. The predicted molar refractivity (Wildman–Crippen MR) is 84.4 cm³/mol. The summed E-state index contributed by atoms with van der Waals surface area (Å²) < 4.78 is 31.3. The van der Waals surface area contributed by atoms with Gasteiger partial charge in [0.15, 0.2) is 17.4 Å². The van der Waals surface area contributed by atoms with Crippen molar-refractivity contribution in [2.45, 2.75) is 19.3 Å². The van der Waals surface area contributed by atoms with Crippen LogP contribution in [0.1, 0.15) is 39.3 Å². The Bertz CT molecular complexity index is 794. The van der Waals surface area contributed by atoms with Crippen molar-refractivity contribution in [3.05, 3.63) is 59.1 Å². The van der Waals surface area contributed by atoms with Crippen LogP contribution in [0.25, 0.3) is 0 Å². The van der Waals surface area contributed by atoms with Crippen molar-refractivity contribution in [1.29, 1.82) is 0 Å². The number of hydrogen-bond acceptors (Lipinski definition) is 3. The Morgan fingerprint density at radius 1 is 1.16 bits per heavy atom. The van der Waals surface area contributed by atoms with Crippen molar-refractivity contribution in [3.63, 3.8) is 0 Å². The van der Waals surface area contributed by atoms with E-state index in [4.69, 9.17) is 9.52 Å². The summed E-state index contributed by atoms with van der Waals surface area (Å²) in [5.74, 6) is -2.90. The van der Waals surface area contributed by atoms with E-state index in [-0.39, 0.29) is 23.1 Å². The van der Waals surface area contributed by atoms with Gasteiger partial charge < -0.3 is 14.4 Å². The molecule has 1 aliphatic rings. The minimum Gasteiger partial charge on any atom is -0.478 e. The number of rotatable bonds is 4. The maximum Gasteiger partial charge on any atom is 0.338 e. The molecule has 0 saturated carbocycles. The third kappa shape index (κ3) is 3.87. The van der Waals surface area contributed by atoms with E-state index in [0.29, 0.717) is 19.5 Å². The molecule has 1 aromatic heterocycles. The van der Waals surface area contributed by atoms with Crippen LogP contribution in [-0.4, -0.2) is 35.0 Å². The third-order valence-electron chi connectivity index (χ3n) is 4.47. The van der Waals surface area contributed by atoms with Crippen molar-refractivity contribution < 1.29 is 27.9 Å². The van der Waals surface area contributed by atoms with Crippen LogP contribution in [0.15, 0.2) is 34.9 Å². The smallest absolute Gasteiger partial charge is 0.338 e. The summed E-state index contributed by atoms with van der Waals surface area (Å²) in [6.45, 7) is 1.02. The lowest BCUT2D eigenvalue weighted by molar-refractivity contribution is 0.0656. The number of likely N-dealkylation sites (tertiary alicyclic amines) is 1. The Kier molecular flexibility index (Phi) is 4.83. The molecule has 0 radical (unpaired) electrons. The number of benzene rings is 1. The highest BCUT2D eigenvalue weighted by Gasteiger charge is 2.26. The summed E-state index contributed by atoms with van der Waals surface area (Å²) in [6.07, 6.45) is 3.14. The van der Waals surface area contributed by atoms with Crippen LogP contribution in [0.5, 0.6) is 0 Å². The second-order valence-electron chi connectivity index (χ2n) is 6.19. The molecule has 2 aromatic rings. The van der Waals surface area contributed by atoms with Gasteiger partial charge in [-0.2, -0.15) is 0 Å². The van der Waals surface area contributed by atoms with Gasteiger partial charge >= 0.3 is 5.97 Å². The number of nitrogens with zero attached hydrogens (tertiary/aromatic N) is 1. The van der Waals surface area contributed by atoms with Crippen LogP contribution in [0.3, 0.4) is 0 Å². The number of amides is 1. The molecule has 0 atom stereocenters. The van der Waals surface area contributed by atoms with Crippen LogP contribution in [0.2, 0.25) is 0 Å². The SMILES string of the molecule is O=C(O)c1coc(C(=O)N2CCC(Cc3ccc(F)c(F)c3)CC2)c1. The first kappa shape index (κ1) is 17.1. The quantitative estimate of drug-likeness (QED) is 0.919. The molecule has 1 aliphatic heterocycles. The first-order valence-electron chi connectivity index (χ1n) is 7.99. The first-order valence-corrected chi connectivity index (χ1v) is 7.99. The summed E-state index contributed by atoms with van der Waals surface area (Å²) in [5, 5.41) is 8.87. The van der Waals surface area contributed by atoms with E-state index in [2.05, 4.69) is 0 Å². The van der Waals surface area contributed by atoms with Gasteiger partial charge in [-0.1, -0.05) is 6.07 Å². The average molecular weight is 349 g/mol. The first-order chi connectivity index (χ1) is 11.9. The molecular weight excluding hydrogens is 332 g/mol. The fourth-order valence-corrected chi connectivity index (χ4v) is 3.06. The maximum atomic E-state index is 13.3. The number of piperidine rings is 1. The van der Waals surface area contributed by atoms with E-state index in [1.54, 1.807) is 11.0 Å². The van der Waals surface area contributed by atoms with Gasteiger partial charge in [-0.25, -0.2) is 13.6 Å². The number of carbonyl (C=O) groups excluding carboxylic acids is 1. The van der Waals surface area contributed by atoms with Gasteiger partial charge in [-0.05, 0) is 42.9 Å². The van der Waals surface area contributed by atoms with Gasteiger partial charge in [0.25, 0.3) is 5.91 Å². The number of aromatic carboxylic acids is 1. The predicted octanol–water partition coefficient (Wildman–Crippen LogP) is 3.35. The zero-order valence-electron chi connectivity index (χ0n) is 13.4. The van der Waals surface area contributed by atoms with Crippen molar-refractivity contribution in [3.8, 4) is 0 Å². The second kappa shape index (κ2) is 7.04.